The zero-order valence-corrected chi connectivity index (χ0v) is 15.4. The fraction of sp³-hybridized carbons (Fsp3) is 0.353. The summed E-state index contributed by atoms with van der Waals surface area (Å²) in [6, 6.07) is 9.60. The first-order chi connectivity index (χ1) is 11.1. The maximum Gasteiger partial charge on any atom is 0.275 e. The molecule has 0 fully saturated rings. The highest BCUT2D eigenvalue weighted by molar-refractivity contribution is 7.09. The summed E-state index contributed by atoms with van der Waals surface area (Å²) in [6.07, 6.45) is 0.703. The van der Waals surface area contributed by atoms with Crippen LogP contribution in [0.5, 0.6) is 0 Å². The first-order valence-corrected chi connectivity index (χ1v) is 9.28. The summed E-state index contributed by atoms with van der Waals surface area (Å²) < 4.78 is 0. The van der Waals surface area contributed by atoms with Gasteiger partial charge in [0.15, 0.2) is 6.54 Å². The average molecular weight is 372 g/mol. The van der Waals surface area contributed by atoms with Crippen LogP contribution in [0.3, 0.4) is 0 Å². The molecule has 0 spiro atoms. The van der Waals surface area contributed by atoms with Crippen molar-refractivity contribution in [1.82, 2.24) is 5.32 Å². The Morgan fingerprint density at radius 2 is 2.13 bits per heavy atom. The minimum Gasteiger partial charge on any atom is -0.351 e. The second-order valence-electron chi connectivity index (χ2n) is 5.37. The minimum absolute atomic E-state index is 0.0727. The number of rotatable bonds is 8. The molecule has 0 aliphatic heterocycles. The van der Waals surface area contributed by atoms with Gasteiger partial charge in [0.2, 0.25) is 0 Å². The number of nitrogens with one attached hydrogen (secondary N) is 2. The highest BCUT2D eigenvalue weighted by atomic mass is 35.5. The van der Waals surface area contributed by atoms with Gasteiger partial charge in [-0.3, -0.25) is 4.79 Å². The Kier molecular flexibility index (Phi) is 7.37. The molecular weight excluding hydrogens is 351 g/mol. The fourth-order valence-electron chi connectivity index (χ4n) is 2.32. The number of carbonyl (C=O) groups excluding carboxylic acids is 1. The Balaban J connectivity index is 1.75. The van der Waals surface area contributed by atoms with E-state index in [-0.39, 0.29) is 5.91 Å². The van der Waals surface area contributed by atoms with Gasteiger partial charge >= 0.3 is 0 Å². The molecule has 6 heteroatoms. The lowest BCUT2D eigenvalue weighted by molar-refractivity contribution is -0.903. The summed E-state index contributed by atoms with van der Waals surface area (Å²) in [5.74, 6) is 0.0727. The first kappa shape index (κ1) is 18.3. The van der Waals surface area contributed by atoms with Crippen molar-refractivity contribution in [2.24, 2.45) is 0 Å². The second-order valence-corrected chi connectivity index (χ2v) is 7.25. The molecule has 2 aromatic rings. The van der Waals surface area contributed by atoms with Crippen molar-refractivity contribution in [3.05, 3.63) is 56.2 Å². The Morgan fingerprint density at radius 1 is 1.30 bits per heavy atom. The third-order valence-electron chi connectivity index (χ3n) is 3.65. The highest BCUT2D eigenvalue weighted by Crippen LogP contribution is 2.20. The SMILES string of the molecule is CC[NH+](CC(=O)NCCc1ccc(Cl)cc1Cl)Cc1cccs1. The van der Waals surface area contributed by atoms with Gasteiger partial charge in [0.05, 0.1) is 11.4 Å². The number of carbonyl (C=O) groups is 1. The van der Waals surface area contributed by atoms with Crippen LogP contribution in [0.15, 0.2) is 35.7 Å². The van der Waals surface area contributed by atoms with Gasteiger partial charge in [-0.1, -0.05) is 35.3 Å². The topological polar surface area (TPSA) is 33.5 Å². The van der Waals surface area contributed by atoms with Crippen molar-refractivity contribution in [3.63, 3.8) is 0 Å². The Bertz CT molecular complexity index is 632. The molecule has 1 aromatic carbocycles. The summed E-state index contributed by atoms with van der Waals surface area (Å²) >= 11 is 13.7. The zero-order valence-electron chi connectivity index (χ0n) is 13.1. The molecule has 23 heavy (non-hydrogen) atoms. The number of benzene rings is 1. The Morgan fingerprint density at radius 3 is 2.78 bits per heavy atom. The number of hydrogen-bond donors (Lipinski definition) is 2. The molecule has 124 valence electrons. The molecule has 2 N–H and O–H groups in total. The molecular formula is C17H21Cl2N2OS+. The maximum absolute atomic E-state index is 12.1. The predicted octanol–water partition coefficient (Wildman–Crippen LogP) is 2.82. The van der Waals surface area contributed by atoms with E-state index in [1.54, 1.807) is 17.4 Å². The monoisotopic (exact) mass is 371 g/mol. The zero-order chi connectivity index (χ0) is 16.7. The molecule has 1 aromatic heterocycles. The molecule has 2 rings (SSSR count). The quantitative estimate of drug-likeness (QED) is 0.734. The smallest absolute Gasteiger partial charge is 0.275 e. The summed E-state index contributed by atoms with van der Waals surface area (Å²) in [5, 5.41) is 6.30. The number of amides is 1. The molecule has 0 radical (unpaired) electrons. The summed E-state index contributed by atoms with van der Waals surface area (Å²) in [5.41, 5.74) is 0.995. The van der Waals surface area contributed by atoms with Crippen LogP contribution in [-0.2, 0) is 17.8 Å². The normalized spacial score (nSPS) is 12.1. The lowest BCUT2D eigenvalue weighted by Gasteiger charge is -2.16. The van der Waals surface area contributed by atoms with Crippen LogP contribution in [0.25, 0.3) is 0 Å². The van der Waals surface area contributed by atoms with E-state index in [1.807, 2.05) is 18.2 Å². The lowest BCUT2D eigenvalue weighted by Crippen LogP contribution is -3.11. The van der Waals surface area contributed by atoms with E-state index in [2.05, 4.69) is 23.7 Å². The van der Waals surface area contributed by atoms with Gasteiger partial charge in [-0.2, -0.15) is 0 Å². The number of quaternary nitrogens is 1. The van der Waals surface area contributed by atoms with Gasteiger partial charge in [0, 0.05) is 16.6 Å². The lowest BCUT2D eigenvalue weighted by atomic mass is 10.1. The van der Waals surface area contributed by atoms with Crippen molar-refractivity contribution in [3.8, 4) is 0 Å². The number of hydrogen-bond acceptors (Lipinski definition) is 2. The summed E-state index contributed by atoms with van der Waals surface area (Å²) in [4.78, 5) is 14.7. The molecule has 1 amide bonds. The number of thiophene rings is 1. The molecule has 0 aliphatic carbocycles. The van der Waals surface area contributed by atoms with Crippen LogP contribution in [0.1, 0.15) is 17.4 Å². The van der Waals surface area contributed by atoms with Gasteiger partial charge in [-0.15, -0.1) is 11.3 Å². The fourth-order valence-corrected chi connectivity index (χ4v) is 3.60. The van der Waals surface area contributed by atoms with E-state index in [1.165, 1.54) is 9.78 Å². The molecule has 1 unspecified atom stereocenters. The first-order valence-electron chi connectivity index (χ1n) is 7.65. The molecule has 0 saturated carbocycles. The predicted molar refractivity (Wildman–Crippen MR) is 97.6 cm³/mol. The van der Waals surface area contributed by atoms with Crippen molar-refractivity contribution >= 4 is 40.4 Å². The maximum atomic E-state index is 12.1. The standard InChI is InChI=1S/C17H20Cl2N2OS/c1-2-21(11-15-4-3-9-23-15)12-17(22)20-8-7-13-5-6-14(18)10-16(13)19/h3-6,9-10H,2,7-8,11-12H2,1H3,(H,20,22)/p+1. The van der Waals surface area contributed by atoms with Crippen LogP contribution in [0, 0.1) is 0 Å². The largest absolute Gasteiger partial charge is 0.351 e. The van der Waals surface area contributed by atoms with Crippen molar-refractivity contribution in [2.75, 3.05) is 19.6 Å². The van der Waals surface area contributed by atoms with Gasteiger partial charge in [-0.05, 0) is 42.5 Å². The third-order valence-corrected chi connectivity index (χ3v) is 5.11. The van der Waals surface area contributed by atoms with E-state index < -0.39 is 0 Å². The summed E-state index contributed by atoms with van der Waals surface area (Å²) in [7, 11) is 0. The molecule has 0 saturated heterocycles. The van der Waals surface area contributed by atoms with Gasteiger partial charge < -0.3 is 10.2 Å². The van der Waals surface area contributed by atoms with Crippen molar-refractivity contribution in [2.45, 2.75) is 19.9 Å². The number of likely N-dealkylation sites (N-methyl/N-ethyl adjacent to an activating group) is 1. The van der Waals surface area contributed by atoms with Crippen LogP contribution >= 0.6 is 34.5 Å². The van der Waals surface area contributed by atoms with E-state index in [4.69, 9.17) is 23.2 Å². The van der Waals surface area contributed by atoms with E-state index >= 15 is 0 Å². The second kappa shape index (κ2) is 9.28. The van der Waals surface area contributed by atoms with E-state index in [0.29, 0.717) is 29.6 Å². The van der Waals surface area contributed by atoms with E-state index in [9.17, 15) is 4.79 Å². The summed E-state index contributed by atoms with van der Waals surface area (Å²) in [6.45, 7) is 4.99. The van der Waals surface area contributed by atoms with E-state index in [0.717, 1.165) is 18.7 Å². The van der Waals surface area contributed by atoms with Crippen molar-refractivity contribution < 1.29 is 9.69 Å². The van der Waals surface area contributed by atoms with Gasteiger partial charge in [-0.25, -0.2) is 0 Å². The minimum atomic E-state index is 0.0727. The van der Waals surface area contributed by atoms with Crippen molar-refractivity contribution in [1.29, 1.82) is 0 Å². The molecule has 1 heterocycles. The molecule has 0 bridgehead atoms. The Hall–Kier alpha value is -1.07. The van der Waals surface area contributed by atoms with Crippen LogP contribution in [0.4, 0.5) is 0 Å². The molecule has 1 atom stereocenters. The third kappa shape index (κ3) is 6.15. The Labute approximate surface area is 151 Å². The average Bonchev–Trinajstić information content (AvgIpc) is 3.01. The van der Waals surface area contributed by atoms with Crippen LogP contribution in [0.2, 0.25) is 10.0 Å². The number of halogens is 2. The molecule has 0 aliphatic rings. The van der Waals surface area contributed by atoms with Gasteiger partial charge in [0.25, 0.3) is 5.91 Å². The highest BCUT2D eigenvalue weighted by Gasteiger charge is 2.13. The molecule has 3 nitrogen and oxygen atoms in total. The van der Waals surface area contributed by atoms with Gasteiger partial charge in [0.1, 0.15) is 6.54 Å². The van der Waals surface area contributed by atoms with Crippen LogP contribution < -0.4 is 10.2 Å². The van der Waals surface area contributed by atoms with Crippen LogP contribution in [-0.4, -0.2) is 25.5 Å².